The normalized spacial score (nSPS) is 11.3. The molecule has 0 aliphatic heterocycles. The highest BCUT2D eigenvalue weighted by atomic mass is 35.5. The van der Waals surface area contributed by atoms with Gasteiger partial charge in [-0.05, 0) is 18.9 Å². The molecule has 0 bridgehead atoms. The highest BCUT2D eigenvalue weighted by Gasteiger charge is 1.98. The van der Waals surface area contributed by atoms with Gasteiger partial charge in [-0.2, -0.15) is 0 Å². The molecule has 0 aliphatic rings. The first-order valence-corrected chi connectivity index (χ1v) is 7.69. The first kappa shape index (κ1) is 14.9. The van der Waals surface area contributed by atoms with E-state index in [1.165, 1.54) is 32.1 Å². The molecule has 0 saturated carbocycles. The second-order valence-electron chi connectivity index (χ2n) is 4.83. The molecular formula is C13H23ClN2S. The summed E-state index contributed by atoms with van der Waals surface area (Å²) in [6.45, 7) is 6.52. The topological polar surface area (TPSA) is 24.9 Å². The van der Waals surface area contributed by atoms with Crippen LogP contribution in [0.5, 0.6) is 0 Å². The third-order valence-corrected chi connectivity index (χ3v) is 3.80. The summed E-state index contributed by atoms with van der Waals surface area (Å²) in [5.41, 5.74) is 0. The van der Waals surface area contributed by atoms with E-state index in [0.717, 1.165) is 28.4 Å². The summed E-state index contributed by atoms with van der Waals surface area (Å²) in [6, 6.07) is 0. The molecule has 0 aliphatic carbocycles. The van der Waals surface area contributed by atoms with E-state index < -0.39 is 0 Å². The highest BCUT2D eigenvalue weighted by molar-refractivity contribution is 7.15. The summed E-state index contributed by atoms with van der Waals surface area (Å²) in [5.74, 6) is 0.850. The second-order valence-corrected chi connectivity index (χ2v) is 6.58. The molecule has 98 valence electrons. The van der Waals surface area contributed by atoms with Crippen LogP contribution in [0.15, 0.2) is 6.20 Å². The highest BCUT2D eigenvalue weighted by Crippen LogP contribution is 2.17. The SMILES string of the molecule is CC(C)CCCCCCNCc1ncc(Cl)s1. The van der Waals surface area contributed by atoms with Crippen LogP contribution >= 0.6 is 22.9 Å². The van der Waals surface area contributed by atoms with Gasteiger partial charge >= 0.3 is 0 Å². The van der Waals surface area contributed by atoms with Crippen molar-refractivity contribution >= 4 is 22.9 Å². The molecular weight excluding hydrogens is 252 g/mol. The largest absolute Gasteiger partial charge is 0.310 e. The van der Waals surface area contributed by atoms with Crippen LogP contribution in [-0.4, -0.2) is 11.5 Å². The van der Waals surface area contributed by atoms with Gasteiger partial charge in [-0.15, -0.1) is 11.3 Å². The molecule has 0 unspecified atom stereocenters. The van der Waals surface area contributed by atoms with Crippen LogP contribution in [-0.2, 0) is 6.54 Å². The Balaban J connectivity index is 1.88. The van der Waals surface area contributed by atoms with Crippen molar-refractivity contribution in [2.45, 2.75) is 52.5 Å². The third-order valence-electron chi connectivity index (χ3n) is 2.69. The van der Waals surface area contributed by atoms with E-state index in [2.05, 4.69) is 24.1 Å². The van der Waals surface area contributed by atoms with E-state index in [1.54, 1.807) is 17.5 Å². The second kappa shape index (κ2) is 8.90. The zero-order chi connectivity index (χ0) is 12.5. The van der Waals surface area contributed by atoms with Crippen molar-refractivity contribution < 1.29 is 0 Å². The maximum absolute atomic E-state index is 5.81. The Labute approximate surface area is 114 Å². The van der Waals surface area contributed by atoms with Gasteiger partial charge in [0.25, 0.3) is 0 Å². The van der Waals surface area contributed by atoms with Crippen LogP contribution in [0.1, 0.15) is 51.0 Å². The van der Waals surface area contributed by atoms with Gasteiger partial charge < -0.3 is 5.32 Å². The lowest BCUT2D eigenvalue weighted by Gasteiger charge is -2.05. The van der Waals surface area contributed by atoms with Crippen LogP contribution in [0, 0.1) is 5.92 Å². The molecule has 1 aromatic heterocycles. The number of hydrogen-bond donors (Lipinski definition) is 1. The molecule has 0 radical (unpaired) electrons. The van der Waals surface area contributed by atoms with Gasteiger partial charge in [0.15, 0.2) is 0 Å². The molecule has 0 saturated heterocycles. The first-order chi connectivity index (χ1) is 8.18. The smallest absolute Gasteiger partial charge is 0.113 e. The summed E-state index contributed by atoms with van der Waals surface area (Å²) >= 11 is 7.37. The van der Waals surface area contributed by atoms with Crippen LogP contribution in [0.3, 0.4) is 0 Å². The first-order valence-electron chi connectivity index (χ1n) is 6.49. The van der Waals surface area contributed by atoms with Crippen molar-refractivity contribution in [3.63, 3.8) is 0 Å². The molecule has 0 spiro atoms. The van der Waals surface area contributed by atoms with Crippen molar-refractivity contribution in [3.05, 3.63) is 15.5 Å². The number of aromatic nitrogens is 1. The minimum Gasteiger partial charge on any atom is -0.310 e. The molecule has 1 N–H and O–H groups in total. The van der Waals surface area contributed by atoms with E-state index in [4.69, 9.17) is 11.6 Å². The lowest BCUT2D eigenvalue weighted by molar-refractivity contribution is 0.512. The Hall–Kier alpha value is -0.120. The van der Waals surface area contributed by atoms with Crippen LogP contribution < -0.4 is 5.32 Å². The number of thiazole rings is 1. The Morgan fingerprint density at radius 1 is 1.29 bits per heavy atom. The summed E-state index contributed by atoms with van der Waals surface area (Å²) in [5, 5.41) is 4.48. The van der Waals surface area contributed by atoms with Gasteiger partial charge in [0.05, 0.1) is 6.20 Å². The van der Waals surface area contributed by atoms with Crippen molar-refractivity contribution in [1.29, 1.82) is 0 Å². The monoisotopic (exact) mass is 274 g/mol. The van der Waals surface area contributed by atoms with E-state index in [-0.39, 0.29) is 0 Å². The lowest BCUT2D eigenvalue weighted by atomic mass is 10.0. The summed E-state index contributed by atoms with van der Waals surface area (Å²) in [4.78, 5) is 4.21. The molecule has 1 rings (SSSR count). The van der Waals surface area contributed by atoms with Crippen molar-refractivity contribution in [2.24, 2.45) is 5.92 Å². The number of unbranched alkanes of at least 4 members (excludes halogenated alkanes) is 3. The van der Waals surface area contributed by atoms with Gasteiger partial charge in [-0.3, -0.25) is 0 Å². The molecule has 4 heteroatoms. The molecule has 0 fully saturated rings. The lowest BCUT2D eigenvalue weighted by Crippen LogP contribution is -2.14. The molecule has 1 heterocycles. The Kier molecular flexibility index (Phi) is 7.82. The van der Waals surface area contributed by atoms with Crippen LogP contribution in [0.4, 0.5) is 0 Å². The Bertz CT molecular complexity index is 299. The Morgan fingerprint density at radius 3 is 2.71 bits per heavy atom. The molecule has 17 heavy (non-hydrogen) atoms. The van der Waals surface area contributed by atoms with Crippen LogP contribution in [0.2, 0.25) is 4.34 Å². The summed E-state index contributed by atoms with van der Waals surface area (Å²) < 4.78 is 0.774. The maximum Gasteiger partial charge on any atom is 0.113 e. The van der Waals surface area contributed by atoms with Crippen molar-refractivity contribution in [3.8, 4) is 0 Å². The number of nitrogens with zero attached hydrogens (tertiary/aromatic N) is 1. The predicted octanol–water partition coefficient (Wildman–Crippen LogP) is 4.49. The van der Waals surface area contributed by atoms with Crippen molar-refractivity contribution in [2.75, 3.05) is 6.54 Å². The fourth-order valence-corrected chi connectivity index (χ4v) is 2.65. The summed E-state index contributed by atoms with van der Waals surface area (Å²) in [7, 11) is 0. The Morgan fingerprint density at radius 2 is 2.06 bits per heavy atom. The third kappa shape index (κ3) is 7.74. The molecule has 0 atom stereocenters. The minimum absolute atomic E-state index is 0.774. The van der Waals surface area contributed by atoms with Crippen molar-refractivity contribution in [1.82, 2.24) is 10.3 Å². The minimum atomic E-state index is 0.774. The fraction of sp³-hybridized carbons (Fsp3) is 0.769. The zero-order valence-electron chi connectivity index (χ0n) is 10.8. The molecule has 2 nitrogen and oxygen atoms in total. The van der Waals surface area contributed by atoms with Gasteiger partial charge in [-0.1, -0.05) is 51.1 Å². The summed E-state index contributed by atoms with van der Waals surface area (Å²) in [6.07, 6.45) is 8.42. The van der Waals surface area contributed by atoms with Gasteiger partial charge in [0.1, 0.15) is 9.34 Å². The predicted molar refractivity (Wildman–Crippen MR) is 76.8 cm³/mol. The number of hydrogen-bond acceptors (Lipinski definition) is 3. The van der Waals surface area contributed by atoms with Gasteiger partial charge in [-0.25, -0.2) is 4.98 Å². The van der Waals surface area contributed by atoms with E-state index >= 15 is 0 Å². The van der Waals surface area contributed by atoms with Gasteiger partial charge in [0.2, 0.25) is 0 Å². The van der Waals surface area contributed by atoms with Crippen LogP contribution in [0.25, 0.3) is 0 Å². The van der Waals surface area contributed by atoms with E-state index in [0.29, 0.717) is 0 Å². The number of halogens is 1. The number of rotatable bonds is 9. The molecule has 1 aromatic rings. The van der Waals surface area contributed by atoms with E-state index in [9.17, 15) is 0 Å². The standard InChI is InChI=1S/C13H23ClN2S/c1-11(2)7-5-3-4-6-8-15-10-13-16-9-12(14)17-13/h9,11,15H,3-8,10H2,1-2H3. The average molecular weight is 275 g/mol. The molecule has 0 amide bonds. The average Bonchev–Trinajstić information content (AvgIpc) is 2.68. The van der Waals surface area contributed by atoms with E-state index in [1.807, 2.05) is 0 Å². The molecule has 0 aromatic carbocycles. The number of nitrogens with one attached hydrogen (secondary N) is 1. The zero-order valence-corrected chi connectivity index (χ0v) is 12.4. The maximum atomic E-state index is 5.81. The fourth-order valence-electron chi connectivity index (χ4n) is 1.72. The van der Waals surface area contributed by atoms with Gasteiger partial charge in [0, 0.05) is 6.54 Å². The quantitative estimate of drug-likeness (QED) is 0.671.